The van der Waals surface area contributed by atoms with Gasteiger partial charge in [-0.1, -0.05) is 65.9 Å². The maximum atomic E-state index is 9.45. The second-order valence-corrected chi connectivity index (χ2v) is 14.3. The van der Waals surface area contributed by atoms with Gasteiger partial charge in [-0.15, -0.1) is 0 Å². The van der Waals surface area contributed by atoms with Crippen molar-refractivity contribution in [2.45, 2.75) is 128 Å². The van der Waals surface area contributed by atoms with Crippen LogP contribution in [0.3, 0.4) is 0 Å². The van der Waals surface area contributed by atoms with Crippen molar-refractivity contribution < 1.29 is 23.9 Å². The zero-order chi connectivity index (χ0) is 32.6. The summed E-state index contributed by atoms with van der Waals surface area (Å²) >= 11 is 0. The van der Waals surface area contributed by atoms with Gasteiger partial charge in [-0.2, -0.15) is 0 Å². The molecular formula is C37H55N3O5. The largest absolute Gasteiger partial charge is 0.474 e. The van der Waals surface area contributed by atoms with E-state index in [2.05, 4.69) is 24.3 Å². The van der Waals surface area contributed by atoms with Gasteiger partial charge in [0, 0.05) is 24.3 Å². The number of hydrogen-bond acceptors (Lipinski definition) is 8. The third-order valence-corrected chi connectivity index (χ3v) is 8.72. The normalized spacial score (nSPS) is 21.2. The molecule has 4 rings (SSSR count). The number of nitrogens with zero attached hydrogens (tertiary/aromatic N) is 2. The van der Waals surface area contributed by atoms with E-state index in [1.54, 1.807) is 5.23 Å². The molecule has 2 aromatic rings. The quantitative estimate of drug-likeness (QED) is 0.130. The lowest BCUT2D eigenvalue weighted by molar-refractivity contribution is -0.328. The predicted octanol–water partition coefficient (Wildman–Crippen LogP) is 8.28. The molecule has 0 bridgehead atoms. The minimum absolute atomic E-state index is 0.153. The lowest BCUT2D eigenvalue weighted by Gasteiger charge is -2.35. The Kier molecular flexibility index (Phi) is 12.0. The predicted molar refractivity (Wildman–Crippen MR) is 179 cm³/mol. The second-order valence-electron chi connectivity index (χ2n) is 14.3. The first kappa shape index (κ1) is 35.2. The number of benzene rings is 2. The van der Waals surface area contributed by atoms with Crippen molar-refractivity contribution in [2.24, 2.45) is 4.99 Å². The number of nitrogens with one attached hydrogen (secondary N) is 1. The maximum absolute atomic E-state index is 9.45. The Balaban J connectivity index is 1.63. The lowest BCUT2D eigenvalue weighted by Crippen LogP contribution is -2.43. The first-order valence-electron chi connectivity index (χ1n) is 16.7. The standard InChI is InChI=1S/C37H55N3O5/c1-34(2,3)43-33(38)37(25-18-28-42-31-23-14-17-27-41-31,24-15-16-26-40-44-35(4,5)36(6,7)45-40)39-32(29-19-10-8-11-20-29)30-21-12-9-13-22-30/h8-13,19-22,31,38H,14-18,23-28H2,1-7H3. The van der Waals surface area contributed by atoms with Crippen LogP contribution >= 0.6 is 0 Å². The summed E-state index contributed by atoms with van der Waals surface area (Å²) in [5, 5.41) is 11.1. The summed E-state index contributed by atoms with van der Waals surface area (Å²) in [6, 6.07) is 20.5. The molecule has 248 valence electrons. The topological polar surface area (TPSA) is 85.6 Å². The Morgan fingerprint density at radius 1 is 0.867 bits per heavy atom. The fourth-order valence-electron chi connectivity index (χ4n) is 5.54. The number of ether oxygens (including phenoxy) is 3. The van der Waals surface area contributed by atoms with E-state index < -0.39 is 22.3 Å². The van der Waals surface area contributed by atoms with E-state index in [-0.39, 0.29) is 12.2 Å². The molecule has 2 saturated heterocycles. The second kappa shape index (κ2) is 15.3. The number of aliphatic imine (C=N–C) groups is 1. The summed E-state index contributed by atoms with van der Waals surface area (Å²) in [7, 11) is 0. The van der Waals surface area contributed by atoms with Crippen LogP contribution in [0.5, 0.6) is 0 Å². The minimum atomic E-state index is -0.906. The van der Waals surface area contributed by atoms with Gasteiger partial charge in [0.1, 0.15) is 22.3 Å². The molecule has 0 aliphatic carbocycles. The van der Waals surface area contributed by atoms with E-state index in [0.29, 0.717) is 26.0 Å². The Morgan fingerprint density at radius 3 is 1.98 bits per heavy atom. The highest BCUT2D eigenvalue weighted by atomic mass is 17.0. The van der Waals surface area contributed by atoms with E-state index in [1.807, 2.05) is 84.9 Å². The van der Waals surface area contributed by atoms with Crippen LogP contribution in [-0.2, 0) is 23.9 Å². The van der Waals surface area contributed by atoms with Crippen LogP contribution in [0.4, 0.5) is 0 Å². The van der Waals surface area contributed by atoms with Crippen LogP contribution in [0.2, 0.25) is 0 Å². The first-order chi connectivity index (χ1) is 21.3. The molecule has 0 saturated carbocycles. The Labute approximate surface area is 270 Å². The number of hydrogen-bond donors (Lipinski definition) is 1. The van der Waals surface area contributed by atoms with Crippen molar-refractivity contribution in [2.75, 3.05) is 19.8 Å². The number of rotatable bonds is 14. The van der Waals surface area contributed by atoms with Crippen LogP contribution in [0, 0.1) is 5.41 Å². The van der Waals surface area contributed by atoms with Gasteiger partial charge in [-0.05, 0) is 99.8 Å². The molecule has 2 atom stereocenters. The minimum Gasteiger partial charge on any atom is -0.474 e. The molecule has 0 amide bonds. The highest BCUT2D eigenvalue weighted by molar-refractivity contribution is 6.14. The van der Waals surface area contributed by atoms with E-state index in [1.165, 1.54) is 0 Å². The number of unbranched alkanes of at least 4 members (excludes halogenated alkanes) is 1. The summed E-state index contributed by atoms with van der Waals surface area (Å²) in [6.07, 6.45) is 6.55. The van der Waals surface area contributed by atoms with Crippen molar-refractivity contribution in [3.05, 3.63) is 71.8 Å². The fraction of sp³-hybridized carbons (Fsp3) is 0.622. The molecule has 8 heteroatoms. The highest BCUT2D eigenvalue weighted by Crippen LogP contribution is 2.38. The zero-order valence-electron chi connectivity index (χ0n) is 28.6. The van der Waals surface area contributed by atoms with Crippen LogP contribution in [0.15, 0.2) is 65.7 Å². The average Bonchev–Trinajstić information content (AvgIpc) is 3.21. The van der Waals surface area contributed by atoms with Gasteiger partial charge in [0.05, 0.1) is 12.3 Å². The third-order valence-electron chi connectivity index (χ3n) is 8.72. The fourth-order valence-corrected chi connectivity index (χ4v) is 5.54. The Morgan fingerprint density at radius 2 is 1.44 bits per heavy atom. The molecule has 45 heavy (non-hydrogen) atoms. The Hall–Kier alpha value is -2.62. The zero-order valence-corrected chi connectivity index (χ0v) is 28.6. The summed E-state index contributed by atoms with van der Waals surface area (Å²) in [5.74, 6) is 0.184. The molecule has 8 nitrogen and oxygen atoms in total. The molecule has 0 aromatic heterocycles. The average molecular weight is 622 g/mol. The van der Waals surface area contributed by atoms with Crippen LogP contribution in [0.25, 0.3) is 0 Å². The van der Waals surface area contributed by atoms with Gasteiger partial charge in [-0.25, -0.2) is 0 Å². The Bertz CT molecular complexity index is 1180. The van der Waals surface area contributed by atoms with Gasteiger partial charge in [-0.3, -0.25) is 20.1 Å². The monoisotopic (exact) mass is 621 g/mol. The van der Waals surface area contributed by atoms with Crippen LogP contribution in [-0.4, -0.2) is 65.2 Å². The summed E-state index contributed by atoms with van der Waals surface area (Å²) in [5.41, 5.74) is 0.565. The molecule has 0 spiro atoms. The summed E-state index contributed by atoms with van der Waals surface area (Å²) in [4.78, 5) is 17.8. The van der Waals surface area contributed by atoms with E-state index >= 15 is 0 Å². The van der Waals surface area contributed by atoms with Crippen molar-refractivity contribution in [3.63, 3.8) is 0 Å². The third kappa shape index (κ3) is 9.93. The molecule has 1 N–H and O–H groups in total. The first-order valence-corrected chi connectivity index (χ1v) is 16.7. The molecule has 2 unspecified atom stereocenters. The van der Waals surface area contributed by atoms with Gasteiger partial charge >= 0.3 is 0 Å². The number of hydroxylamine groups is 2. The van der Waals surface area contributed by atoms with E-state index in [0.717, 1.165) is 62.0 Å². The van der Waals surface area contributed by atoms with E-state index in [9.17, 15) is 5.41 Å². The van der Waals surface area contributed by atoms with Gasteiger partial charge in [0.25, 0.3) is 0 Å². The molecule has 2 heterocycles. The van der Waals surface area contributed by atoms with Crippen molar-refractivity contribution in [3.8, 4) is 0 Å². The molecule has 0 radical (unpaired) electrons. The van der Waals surface area contributed by atoms with Gasteiger partial charge in [0.2, 0.25) is 5.90 Å². The van der Waals surface area contributed by atoms with E-state index in [4.69, 9.17) is 28.9 Å². The lowest BCUT2D eigenvalue weighted by atomic mass is 9.86. The van der Waals surface area contributed by atoms with Crippen LogP contribution in [0.1, 0.15) is 111 Å². The molecule has 2 aromatic carbocycles. The molecule has 2 aliphatic heterocycles. The van der Waals surface area contributed by atoms with Crippen molar-refractivity contribution in [1.29, 1.82) is 5.41 Å². The maximum Gasteiger partial charge on any atom is 0.209 e. The summed E-state index contributed by atoms with van der Waals surface area (Å²) < 4.78 is 18.3. The highest BCUT2D eigenvalue weighted by Gasteiger charge is 2.49. The molecular weight excluding hydrogens is 566 g/mol. The SMILES string of the molecule is CC(C)(C)OC(=N)C(CCCCN1OC(C)(C)C(C)(C)O1)(CCCOC1CCCCO1)N=C(c1ccccc1)c1ccccc1. The summed E-state index contributed by atoms with van der Waals surface area (Å²) in [6.45, 7) is 16.1. The smallest absolute Gasteiger partial charge is 0.209 e. The van der Waals surface area contributed by atoms with Crippen molar-refractivity contribution in [1.82, 2.24) is 5.23 Å². The molecule has 2 fully saturated rings. The van der Waals surface area contributed by atoms with Gasteiger partial charge < -0.3 is 14.2 Å². The van der Waals surface area contributed by atoms with Crippen molar-refractivity contribution >= 4 is 11.6 Å². The van der Waals surface area contributed by atoms with Gasteiger partial charge in [0.15, 0.2) is 6.29 Å². The molecule has 2 aliphatic rings. The van der Waals surface area contributed by atoms with Crippen LogP contribution < -0.4 is 0 Å².